The SMILES string of the molecule is CC(C)CNCCNC1[C@H](CN)C[C@H]1OCC(C)C. The van der Waals surface area contributed by atoms with Crippen molar-refractivity contribution >= 4 is 0 Å². The maximum atomic E-state index is 5.94. The van der Waals surface area contributed by atoms with E-state index in [0.29, 0.717) is 29.9 Å². The maximum Gasteiger partial charge on any atom is 0.0735 e. The average molecular weight is 271 g/mol. The smallest absolute Gasteiger partial charge is 0.0735 e. The molecule has 0 aromatic carbocycles. The van der Waals surface area contributed by atoms with Gasteiger partial charge in [0.05, 0.1) is 6.10 Å². The van der Waals surface area contributed by atoms with Crippen molar-refractivity contribution in [2.75, 3.05) is 32.8 Å². The van der Waals surface area contributed by atoms with Crippen LogP contribution in [0.5, 0.6) is 0 Å². The summed E-state index contributed by atoms with van der Waals surface area (Å²) in [6.45, 7) is 13.6. The van der Waals surface area contributed by atoms with E-state index in [4.69, 9.17) is 10.5 Å². The van der Waals surface area contributed by atoms with Gasteiger partial charge in [0.25, 0.3) is 0 Å². The van der Waals surface area contributed by atoms with Crippen LogP contribution in [-0.4, -0.2) is 44.9 Å². The topological polar surface area (TPSA) is 59.3 Å². The van der Waals surface area contributed by atoms with Crippen LogP contribution in [0.4, 0.5) is 0 Å². The summed E-state index contributed by atoms with van der Waals surface area (Å²) in [6.07, 6.45) is 1.47. The summed E-state index contributed by atoms with van der Waals surface area (Å²) >= 11 is 0. The molecule has 1 rings (SSSR count). The van der Waals surface area contributed by atoms with Crippen molar-refractivity contribution in [3.05, 3.63) is 0 Å². The third-order valence-corrected chi connectivity index (χ3v) is 3.62. The van der Waals surface area contributed by atoms with Crippen molar-refractivity contribution in [2.45, 2.75) is 46.3 Å². The fraction of sp³-hybridized carbons (Fsp3) is 1.00. The zero-order valence-electron chi connectivity index (χ0n) is 13.1. The molecule has 3 atom stereocenters. The highest BCUT2D eigenvalue weighted by molar-refractivity contribution is 4.96. The van der Waals surface area contributed by atoms with Gasteiger partial charge in [-0.2, -0.15) is 0 Å². The van der Waals surface area contributed by atoms with Gasteiger partial charge < -0.3 is 21.1 Å². The van der Waals surface area contributed by atoms with E-state index in [-0.39, 0.29) is 0 Å². The summed E-state index contributed by atoms with van der Waals surface area (Å²) in [5.41, 5.74) is 5.80. The second-order valence-corrected chi connectivity index (χ2v) is 6.57. The predicted molar refractivity (Wildman–Crippen MR) is 81.2 cm³/mol. The molecule has 4 heteroatoms. The highest BCUT2D eigenvalue weighted by Gasteiger charge is 2.40. The fourth-order valence-corrected chi connectivity index (χ4v) is 2.45. The number of hydrogen-bond acceptors (Lipinski definition) is 4. The van der Waals surface area contributed by atoms with Gasteiger partial charge in [-0.05, 0) is 37.3 Å². The lowest BCUT2D eigenvalue weighted by molar-refractivity contribution is -0.0679. The van der Waals surface area contributed by atoms with Crippen molar-refractivity contribution in [3.63, 3.8) is 0 Å². The van der Waals surface area contributed by atoms with Gasteiger partial charge in [0.2, 0.25) is 0 Å². The van der Waals surface area contributed by atoms with Crippen LogP contribution >= 0.6 is 0 Å². The lowest BCUT2D eigenvalue weighted by Crippen LogP contribution is -2.59. The van der Waals surface area contributed by atoms with E-state index in [9.17, 15) is 0 Å². The van der Waals surface area contributed by atoms with E-state index in [1.165, 1.54) is 0 Å². The van der Waals surface area contributed by atoms with Crippen LogP contribution in [0, 0.1) is 17.8 Å². The normalized spacial score (nSPS) is 27.0. The van der Waals surface area contributed by atoms with Gasteiger partial charge in [0.1, 0.15) is 0 Å². The summed E-state index contributed by atoms with van der Waals surface area (Å²) in [4.78, 5) is 0. The van der Waals surface area contributed by atoms with Crippen molar-refractivity contribution in [3.8, 4) is 0 Å². The van der Waals surface area contributed by atoms with E-state index in [0.717, 1.165) is 39.2 Å². The molecule has 0 aliphatic heterocycles. The molecular weight excluding hydrogens is 238 g/mol. The maximum absolute atomic E-state index is 5.94. The zero-order chi connectivity index (χ0) is 14.3. The molecule has 1 aliphatic carbocycles. The first-order valence-electron chi connectivity index (χ1n) is 7.80. The third-order valence-electron chi connectivity index (χ3n) is 3.62. The Morgan fingerprint density at radius 3 is 2.47 bits per heavy atom. The van der Waals surface area contributed by atoms with Crippen LogP contribution in [0.2, 0.25) is 0 Å². The number of hydrogen-bond donors (Lipinski definition) is 3. The summed E-state index contributed by atoms with van der Waals surface area (Å²) in [7, 11) is 0. The molecule has 0 spiro atoms. The first-order valence-corrected chi connectivity index (χ1v) is 7.80. The Morgan fingerprint density at radius 2 is 1.89 bits per heavy atom. The van der Waals surface area contributed by atoms with Crippen molar-refractivity contribution in [1.82, 2.24) is 10.6 Å². The molecule has 114 valence electrons. The van der Waals surface area contributed by atoms with Crippen LogP contribution in [0.1, 0.15) is 34.1 Å². The Kier molecular flexibility index (Phi) is 7.91. The summed E-state index contributed by atoms with van der Waals surface area (Å²) in [5.74, 6) is 1.90. The van der Waals surface area contributed by atoms with Crippen molar-refractivity contribution in [1.29, 1.82) is 0 Å². The molecule has 1 saturated carbocycles. The molecule has 0 amide bonds. The molecule has 0 heterocycles. The molecule has 4 N–H and O–H groups in total. The largest absolute Gasteiger partial charge is 0.376 e. The second-order valence-electron chi connectivity index (χ2n) is 6.57. The Balaban J connectivity index is 2.16. The molecule has 1 unspecified atom stereocenters. The van der Waals surface area contributed by atoms with Crippen LogP contribution in [0.15, 0.2) is 0 Å². The molecule has 0 saturated heterocycles. The van der Waals surface area contributed by atoms with Gasteiger partial charge in [0, 0.05) is 25.7 Å². The summed E-state index contributed by atoms with van der Waals surface area (Å²) in [6, 6.07) is 0.449. The van der Waals surface area contributed by atoms with Gasteiger partial charge in [-0.15, -0.1) is 0 Å². The first-order chi connectivity index (χ1) is 9.04. The van der Waals surface area contributed by atoms with Gasteiger partial charge >= 0.3 is 0 Å². The number of nitrogens with two attached hydrogens (primary N) is 1. The van der Waals surface area contributed by atoms with Gasteiger partial charge in [-0.3, -0.25) is 0 Å². The van der Waals surface area contributed by atoms with Crippen LogP contribution < -0.4 is 16.4 Å². The number of ether oxygens (including phenoxy) is 1. The average Bonchev–Trinajstić information content (AvgIpc) is 2.31. The quantitative estimate of drug-likeness (QED) is 0.523. The minimum atomic E-state index is 0.362. The lowest BCUT2D eigenvalue weighted by Gasteiger charge is -2.44. The Labute approximate surface area is 118 Å². The summed E-state index contributed by atoms with van der Waals surface area (Å²) in [5, 5.41) is 7.05. The first kappa shape index (κ1) is 16.9. The van der Waals surface area contributed by atoms with Crippen molar-refractivity contribution in [2.24, 2.45) is 23.5 Å². The molecule has 0 bridgehead atoms. The highest BCUT2D eigenvalue weighted by atomic mass is 16.5. The van der Waals surface area contributed by atoms with E-state index in [2.05, 4.69) is 38.3 Å². The molecule has 0 aromatic heterocycles. The standard InChI is InChI=1S/C15H33N3O/c1-11(2)9-17-5-6-18-15-13(8-16)7-14(15)19-10-12(3)4/h11-15,17-18H,5-10,16H2,1-4H3/t13-,14+,15?/m0/s1. The van der Waals surface area contributed by atoms with Gasteiger partial charge in [-0.1, -0.05) is 27.7 Å². The lowest BCUT2D eigenvalue weighted by atomic mass is 9.76. The molecule has 4 nitrogen and oxygen atoms in total. The van der Waals surface area contributed by atoms with Crippen LogP contribution in [0.25, 0.3) is 0 Å². The minimum absolute atomic E-state index is 0.362. The molecule has 0 aromatic rings. The van der Waals surface area contributed by atoms with E-state index in [1.54, 1.807) is 0 Å². The third kappa shape index (κ3) is 6.21. The predicted octanol–water partition coefficient (Wildman–Crippen LogP) is 1.21. The minimum Gasteiger partial charge on any atom is -0.376 e. The molecular formula is C15H33N3O. The highest BCUT2D eigenvalue weighted by Crippen LogP contribution is 2.30. The molecule has 1 aliphatic rings. The van der Waals surface area contributed by atoms with Crippen molar-refractivity contribution < 1.29 is 4.74 Å². The monoisotopic (exact) mass is 271 g/mol. The number of nitrogens with one attached hydrogen (secondary N) is 2. The molecule has 19 heavy (non-hydrogen) atoms. The summed E-state index contributed by atoms with van der Waals surface area (Å²) < 4.78 is 5.94. The van der Waals surface area contributed by atoms with Crippen LogP contribution in [-0.2, 0) is 4.74 Å². The molecule has 0 radical (unpaired) electrons. The zero-order valence-corrected chi connectivity index (χ0v) is 13.1. The Morgan fingerprint density at radius 1 is 1.16 bits per heavy atom. The Hall–Kier alpha value is -0.160. The van der Waals surface area contributed by atoms with Gasteiger partial charge in [0.15, 0.2) is 0 Å². The second kappa shape index (κ2) is 8.90. The van der Waals surface area contributed by atoms with Gasteiger partial charge in [-0.25, -0.2) is 0 Å². The van der Waals surface area contributed by atoms with Crippen LogP contribution in [0.3, 0.4) is 0 Å². The Bertz CT molecular complexity index is 233. The van der Waals surface area contributed by atoms with E-state index < -0.39 is 0 Å². The van der Waals surface area contributed by atoms with E-state index >= 15 is 0 Å². The van der Waals surface area contributed by atoms with E-state index in [1.807, 2.05) is 0 Å². The number of rotatable bonds is 10. The molecule has 1 fully saturated rings. The fourth-order valence-electron chi connectivity index (χ4n) is 2.45.